The van der Waals surface area contributed by atoms with E-state index in [-0.39, 0.29) is 27.1 Å². The average molecular weight is 331 g/mol. The monoisotopic (exact) mass is 330 g/mol. The smallest absolute Gasteiger partial charge is 0.255 e. The van der Waals surface area contributed by atoms with Gasteiger partial charge in [-0.2, -0.15) is 0 Å². The zero-order valence-electron chi connectivity index (χ0n) is 11.9. The van der Waals surface area contributed by atoms with Gasteiger partial charge in [0.15, 0.2) is 9.84 Å². The molecule has 0 spiro atoms. The fraction of sp³-hybridized carbons (Fsp3) is 0.500. The Labute approximate surface area is 130 Å². The largest absolute Gasteiger partial charge is 0.337 e. The van der Waals surface area contributed by atoms with Crippen LogP contribution in [0.4, 0.5) is 0 Å². The molecule has 0 unspecified atom stereocenters. The summed E-state index contributed by atoms with van der Waals surface area (Å²) in [7, 11) is -3.35. The summed E-state index contributed by atoms with van der Waals surface area (Å²) in [5, 5.41) is 3.50. The third kappa shape index (κ3) is 3.75. The van der Waals surface area contributed by atoms with Crippen molar-refractivity contribution >= 4 is 27.3 Å². The molecule has 0 saturated carbocycles. The van der Waals surface area contributed by atoms with Crippen molar-refractivity contribution in [1.29, 1.82) is 0 Å². The maximum atomic E-state index is 12.6. The summed E-state index contributed by atoms with van der Waals surface area (Å²) in [5.74, 6) is -0.215. The number of halogens is 1. The van der Waals surface area contributed by atoms with Crippen molar-refractivity contribution in [3.63, 3.8) is 0 Å². The maximum absolute atomic E-state index is 12.6. The van der Waals surface area contributed by atoms with E-state index in [1.807, 2.05) is 0 Å². The molecule has 1 aromatic carbocycles. The van der Waals surface area contributed by atoms with Gasteiger partial charge in [-0.15, -0.1) is 0 Å². The van der Waals surface area contributed by atoms with Gasteiger partial charge in [-0.05, 0) is 31.2 Å². The number of hydrogen-bond acceptors (Lipinski definition) is 4. The van der Waals surface area contributed by atoms with Crippen molar-refractivity contribution in [2.24, 2.45) is 0 Å². The van der Waals surface area contributed by atoms with Gasteiger partial charge < -0.3 is 10.2 Å². The highest BCUT2D eigenvalue weighted by atomic mass is 35.5. The molecule has 1 saturated heterocycles. The number of amides is 1. The highest BCUT2D eigenvalue weighted by Gasteiger charge is 2.22. The zero-order valence-corrected chi connectivity index (χ0v) is 13.5. The zero-order chi connectivity index (χ0) is 15.5. The van der Waals surface area contributed by atoms with E-state index in [0.717, 1.165) is 19.5 Å². The number of carbonyl (C=O) groups excluding carboxylic acids is 1. The molecule has 0 bridgehead atoms. The van der Waals surface area contributed by atoms with Crippen molar-refractivity contribution in [3.05, 3.63) is 28.8 Å². The van der Waals surface area contributed by atoms with E-state index in [0.29, 0.717) is 13.1 Å². The van der Waals surface area contributed by atoms with Gasteiger partial charge in [0.25, 0.3) is 5.91 Å². The molecule has 0 aliphatic carbocycles. The van der Waals surface area contributed by atoms with Crippen LogP contribution in [0.5, 0.6) is 0 Å². The van der Waals surface area contributed by atoms with Crippen LogP contribution in [0.25, 0.3) is 0 Å². The van der Waals surface area contributed by atoms with Crippen LogP contribution < -0.4 is 5.32 Å². The van der Waals surface area contributed by atoms with Crippen LogP contribution in [0.2, 0.25) is 5.02 Å². The fourth-order valence-electron chi connectivity index (χ4n) is 2.25. The van der Waals surface area contributed by atoms with Crippen LogP contribution in [0, 0.1) is 0 Å². The van der Waals surface area contributed by atoms with Crippen molar-refractivity contribution in [3.8, 4) is 0 Å². The number of carbonyl (C=O) groups is 1. The number of benzene rings is 1. The summed E-state index contributed by atoms with van der Waals surface area (Å²) >= 11 is 6.09. The van der Waals surface area contributed by atoms with Gasteiger partial charge in [-0.25, -0.2) is 8.42 Å². The minimum atomic E-state index is -3.35. The lowest BCUT2D eigenvalue weighted by Gasteiger charge is -2.21. The van der Waals surface area contributed by atoms with Crippen LogP contribution in [0.15, 0.2) is 23.1 Å². The third-order valence-corrected chi connectivity index (χ3v) is 5.60. The first-order valence-corrected chi connectivity index (χ1v) is 9.01. The van der Waals surface area contributed by atoms with Gasteiger partial charge >= 0.3 is 0 Å². The number of nitrogens with zero attached hydrogens (tertiary/aromatic N) is 1. The fourth-order valence-corrected chi connectivity index (χ4v) is 3.35. The van der Waals surface area contributed by atoms with Gasteiger partial charge in [-0.1, -0.05) is 18.5 Å². The Morgan fingerprint density at radius 3 is 2.81 bits per heavy atom. The molecule has 0 radical (unpaired) electrons. The first-order chi connectivity index (χ1) is 9.95. The molecule has 5 nitrogen and oxygen atoms in total. The SMILES string of the molecule is CCS(=O)(=O)c1ccc(Cl)c(C(=O)N2CCCNCC2)c1. The second-order valence-electron chi connectivity index (χ2n) is 4.94. The summed E-state index contributed by atoms with van der Waals surface area (Å²) in [6.45, 7) is 4.43. The molecule has 7 heteroatoms. The molecule has 2 rings (SSSR count). The van der Waals surface area contributed by atoms with Crippen molar-refractivity contribution in [1.82, 2.24) is 10.2 Å². The Kier molecular flexibility index (Phi) is 5.24. The molecule has 0 atom stereocenters. The van der Waals surface area contributed by atoms with Gasteiger partial charge in [-0.3, -0.25) is 4.79 Å². The molecule has 1 aromatic rings. The predicted molar refractivity (Wildman–Crippen MR) is 82.6 cm³/mol. The topological polar surface area (TPSA) is 66.5 Å². The average Bonchev–Trinajstić information content (AvgIpc) is 2.76. The Morgan fingerprint density at radius 2 is 2.10 bits per heavy atom. The van der Waals surface area contributed by atoms with E-state index >= 15 is 0 Å². The van der Waals surface area contributed by atoms with E-state index in [9.17, 15) is 13.2 Å². The first-order valence-electron chi connectivity index (χ1n) is 6.98. The lowest BCUT2D eigenvalue weighted by molar-refractivity contribution is 0.0766. The first kappa shape index (κ1) is 16.3. The van der Waals surface area contributed by atoms with Gasteiger partial charge in [0.1, 0.15) is 0 Å². The van der Waals surface area contributed by atoms with Crippen LogP contribution in [0.1, 0.15) is 23.7 Å². The van der Waals surface area contributed by atoms with Gasteiger partial charge in [0, 0.05) is 19.6 Å². The van der Waals surface area contributed by atoms with E-state index in [2.05, 4.69) is 5.32 Å². The molecule has 1 N–H and O–H groups in total. The van der Waals surface area contributed by atoms with Gasteiger partial charge in [0.2, 0.25) is 0 Å². The minimum Gasteiger partial charge on any atom is -0.337 e. The molecular formula is C14H19ClN2O3S. The molecule has 116 valence electrons. The normalized spacial score (nSPS) is 16.6. The molecule has 1 heterocycles. The van der Waals surface area contributed by atoms with E-state index < -0.39 is 9.84 Å². The number of nitrogens with one attached hydrogen (secondary N) is 1. The molecule has 21 heavy (non-hydrogen) atoms. The van der Waals surface area contributed by atoms with Crippen LogP contribution in [-0.2, 0) is 9.84 Å². The summed E-state index contributed by atoms with van der Waals surface area (Å²) in [6.07, 6.45) is 0.871. The van der Waals surface area contributed by atoms with Crippen LogP contribution in [0.3, 0.4) is 0 Å². The standard InChI is InChI=1S/C14H19ClN2O3S/c1-2-21(19,20)11-4-5-13(15)12(10-11)14(18)17-8-3-6-16-7-9-17/h4-5,10,16H,2-3,6-9H2,1H3. The second-order valence-corrected chi connectivity index (χ2v) is 7.63. The predicted octanol–water partition coefficient (Wildman–Crippen LogP) is 1.57. The van der Waals surface area contributed by atoms with Gasteiger partial charge in [0.05, 0.1) is 21.2 Å². The molecule has 0 aromatic heterocycles. The van der Waals surface area contributed by atoms with E-state index in [4.69, 9.17) is 11.6 Å². The van der Waals surface area contributed by atoms with Crippen LogP contribution >= 0.6 is 11.6 Å². The van der Waals surface area contributed by atoms with E-state index in [1.165, 1.54) is 18.2 Å². The second kappa shape index (κ2) is 6.77. The minimum absolute atomic E-state index is 0.00407. The van der Waals surface area contributed by atoms with Crippen molar-refractivity contribution in [2.45, 2.75) is 18.2 Å². The van der Waals surface area contributed by atoms with Crippen LogP contribution in [-0.4, -0.2) is 51.2 Å². The highest BCUT2D eigenvalue weighted by Crippen LogP contribution is 2.23. The maximum Gasteiger partial charge on any atom is 0.255 e. The molecule has 1 aliphatic heterocycles. The summed E-state index contributed by atoms with van der Waals surface area (Å²) < 4.78 is 23.9. The number of rotatable bonds is 3. The van der Waals surface area contributed by atoms with Crippen molar-refractivity contribution in [2.75, 3.05) is 31.9 Å². The third-order valence-electron chi connectivity index (χ3n) is 3.53. The molecular weight excluding hydrogens is 312 g/mol. The number of hydrogen-bond donors (Lipinski definition) is 1. The molecule has 1 fully saturated rings. The number of sulfone groups is 1. The van der Waals surface area contributed by atoms with E-state index in [1.54, 1.807) is 11.8 Å². The summed E-state index contributed by atoms with van der Waals surface area (Å²) in [6, 6.07) is 4.32. The molecule has 1 aliphatic rings. The Bertz CT molecular complexity index is 623. The lowest BCUT2D eigenvalue weighted by Crippen LogP contribution is -2.34. The Morgan fingerprint density at radius 1 is 1.33 bits per heavy atom. The quantitative estimate of drug-likeness (QED) is 0.913. The Balaban J connectivity index is 2.34. The summed E-state index contributed by atoms with van der Waals surface area (Å²) in [4.78, 5) is 14.4. The highest BCUT2D eigenvalue weighted by molar-refractivity contribution is 7.91. The summed E-state index contributed by atoms with van der Waals surface area (Å²) in [5.41, 5.74) is 0.257. The van der Waals surface area contributed by atoms with Crippen molar-refractivity contribution < 1.29 is 13.2 Å². The lowest BCUT2D eigenvalue weighted by atomic mass is 10.2. The Hall–Kier alpha value is -1.11. The molecule has 1 amide bonds.